The SMILES string of the molecule is CC(C)N(Cc1ccc(C#N)cc1)Cn1ccc(=O)c2cccc(Br)c21. The van der Waals surface area contributed by atoms with E-state index in [2.05, 4.69) is 45.3 Å². The lowest BCUT2D eigenvalue weighted by molar-refractivity contribution is 0.166. The van der Waals surface area contributed by atoms with E-state index >= 15 is 0 Å². The third kappa shape index (κ3) is 3.87. The third-order valence-electron chi connectivity index (χ3n) is 4.48. The zero-order valence-corrected chi connectivity index (χ0v) is 16.4. The number of benzene rings is 2. The molecule has 4 nitrogen and oxygen atoms in total. The van der Waals surface area contributed by atoms with Crippen molar-refractivity contribution in [2.24, 2.45) is 0 Å². The molecule has 0 aliphatic carbocycles. The second-order valence-corrected chi connectivity index (χ2v) is 7.43. The minimum atomic E-state index is 0.0285. The molecule has 0 fully saturated rings. The zero-order valence-electron chi connectivity index (χ0n) is 14.8. The van der Waals surface area contributed by atoms with Crippen LogP contribution in [0.1, 0.15) is 25.0 Å². The topological polar surface area (TPSA) is 49.0 Å². The van der Waals surface area contributed by atoms with Crippen LogP contribution in [0.3, 0.4) is 0 Å². The summed E-state index contributed by atoms with van der Waals surface area (Å²) in [5.41, 5.74) is 2.76. The van der Waals surface area contributed by atoms with Crippen molar-refractivity contribution in [3.8, 4) is 6.07 Å². The second-order valence-electron chi connectivity index (χ2n) is 6.58. The standard InChI is InChI=1S/C21H20BrN3O/c1-15(2)25(13-17-8-6-16(12-23)7-9-17)14-24-11-10-20(26)18-4-3-5-19(22)21(18)24/h3-11,15H,13-14H2,1-2H3. The van der Waals surface area contributed by atoms with Crippen molar-refractivity contribution < 1.29 is 0 Å². The zero-order chi connectivity index (χ0) is 18.7. The lowest BCUT2D eigenvalue weighted by atomic mass is 10.1. The van der Waals surface area contributed by atoms with Crippen molar-refractivity contribution in [2.45, 2.75) is 33.1 Å². The van der Waals surface area contributed by atoms with Gasteiger partial charge in [-0.3, -0.25) is 9.69 Å². The minimum absolute atomic E-state index is 0.0285. The first-order valence-corrected chi connectivity index (χ1v) is 9.29. The molecular formula is C21H20BrN3O. The highest BCUT2D eigenvalue weighted by Crippen LogP contribution is 2.22. The number of hydrogen-bond donors (Lipinski definition) is 0. The Kier molecular flexibility index (Phi) is 5.55. The van der Waals surface area contributed by atoms with Crippen LogP contribution in [0, 0.1) is 11.3 Å². The van der Waals surface area contributed by atoms with Gasteiger partial charge in [-0.05, 0) is 59.6 Å². The molecule has 0 aliphatic heterocycles. The minimum Gasteiger partial charge on any atom is -0.333 e. The second kappa shape index (κ2) is 7.86. The van der Waals surface area contributed by atoms with Gasteiger partial charge in [0.15, 0.2) is 5.43 Å². The highest BCUT2D eigenvalue weighted by molar-refractivity contribution is 9.10. The predicted octanol–water partition coefficient (Wildman–Crippen LogP) is 4.50. The summed E-state index contributed by atoms with van der Waals surface area (Å²) in [5.74, 6) is 0. The van der Waals surface area contributed by atoms with Crippen LogP contribution < -0.4 is 5.43 Å². The van der Waals surface area contributed by atoms with E-state index in [1.807, 2.05) is 48.7 Å². The maximum absolute atomic E-state index is 12.2. The van der Waals surface area contributed by atoms with Crippen LogP contribution >= 0.6 is 15.9 Å². The summed E-state index contributed by atoms with van der Waals surface area (Å²) >= 11 is 3.58. The fraction of sp³-hybridized carbons (Fsp3) is 0.238. The Balaban J connectivity index is 1.94. The van der Waals surface area contributed by atoms with Gasteiger partial charge in [-0.2, -0.15) is 5.26 Å². The molecule has 0 saturated carbocycles. The molecule has 5 heteroatoms. The molecule has 0 amide bonds. The Morgan fingerprint density at radius 1 is 1.15 bits per heavy atom. The quantitative estimate of drug-likeness (QED) is 0.622. The fourth-order valence-electron chi connectivity index (χ4n) is 2.96. The van der Waals surface area contributed by atoms with E-state index in [1.54, 1.807) is 6.07 Å². The molecule has 0 bridgehead atoms. The highest BCUT2D eigenvalue weighted by atomic mass is 79.9. The van der Waals surface area contributed by atoms with Crippen molar-refractivity contribution in [3.05, 3.63) is 80.6 Å². The van der Waals surface area contributed by atoms with Crippen LogP contribution in [0.15, 0.2) is 64.0 Å². The Morgan fingerprint density at radius 3 is 2.54 bits per heavy atom. The maximum atomic E-state index is 12.2. The van der Waals surface area contributed by atoms with Crippen LogP contribution in [-0.4, -0.2) is 15.5 Å². The van der Waals surface area contributed by atoms with Crippen LogP contribution in [0.5, 0.6) is 0 Å². The van der Waals surface area contributed by atoms with Crippen LogP contribution in [0.25, 0.3) is 10.9 Å². The first-order chi connectivity index (χ1) is 12.5. The Hall–Kier alpha value is -2.42. The van der Waals surface area contributed by atoms with Crippen molar-refractivity contribution >= 4 is 26.8 Å². The van der Waals surface area contributed by atoms with Gasteiger partial charge in [0.2, 0.25) is 0 Å². The van der Waals surface area contributed by atoms with E-state index < -0.39 is 0 Å². The largest absolute Gasteiger partial charge is 0.333 e. The third-order valence-corrected chi connectivity index (χ3v) is 5.12. The number of rotatable bonds is 5. The van der Waals surface area contributed by atoms with Gasteiger partial charge in [0.1, 0.15) is 0 Å². The van der Waals surface area contributed by atoms with Crippen molar-refractivity contribution in [3.63, 3.8) is 0 Å². The number of fused-ring (bicyclic) bond motifs is 1. The summed E-state index contributed by atoms with van der Waals surface area (Å²) in [5, 5.41) is 9.66. The lowest BCUT2D eigenvalue weighted by Crippen LogP contribution is -2.32. The summed E-state index contributed by atoms with van der Waals surface area (Å²) in [4.78, 5) is 14.5. The summed E-state index contributed by atoms with van der Waals surface area (Å²) < 4.78 is 3.01. The number of halogens is 1. The Labute approximate surface area is 161 Å². The Bertz CT molecular complexity index is 1020. The molecule has 0 N–H and O–H groups in total. The van der Waals surface area contributed by atoms with Crippen molar-refractivity contribution in [1.29, 1.82) is 5.26 Å². The monoisotopic (exact) mass is 409 g/mol. The van der Waals surface area contributed by atoms with Crippen LogP contribution in [0.2, 0.25) is 0 Å². The van der Waals surface area contributed by atoms with Gasteiger partial charge in [0.05, 0.1) is 23.8 Å². The van der Waals surface area contributed by atoms with Gasteiger partial charge >= 0.3 is 0 Å². The summed E-state index contributed by atoms with van der Waals surface area (Å²) in [6, 6.07) is 17.5. The van der Waals surface area contributed by atoms with Crippen molar-refractivity contribution in [1.82, 2.24) is 9.47 Å². The molecule has 0 aliphatic rings. The van der Waals surface area contributed by atoms with E-state index in [1.165, 1.54) is 0 Å². The summed E-state index contributed by atoms with van der Waals surface area (Å²) in [6.45, 7) is 5.74. The molecule has 1 aromatic heterocycles. The molecule has 26 heavy (non-hydrogen) atoms. The molecule has 2 aromatic carbocycles. The number of para-hydroxylation sites is 1. The Morgan fingerprint density at radius 2 is 1.88 bits per heavy atom. The van der Waals surface area contributed by atoms with Gasteiger partial charge < -0.3 is 4.57 Å². The van der Waals surface area contributed by atoms with E-state index in [9.17, 15) is 4.79 Å². The van der Waals surface area contributed by atoms with Crippen LogP contribution in [-0.2, 0) is 13.2 Å². The number of hydrogen-bond acceptors (Lipinski definition) is 3. The number of nitriles is 1. The summed E-state index contributed by atoms with van der Waals surface area (Å²) in [6.07, 6.45) is 1.85. The number of nitrogens with zero attached hydrogens (tertiary/aromatic N) is 3. The van der Waals surface area contributed by atoms with E-state index in [-0.39, 0.29) is 5.43 Å². The molecule has 0 spiro atoms. The van der Waals surface area contributed by atoms with Crippen molar-refractivity contribution in [2.75, 3.05) is 0 Å². The average molecular weight is 410 g/mol. The van der Waals surface area contributed by atoms with Gasteiger partial charge in [-0.15, -0.1) is 0 Å². The lowest BCUT2D eigenvalue weighted by Gasteiger charge is -2.28. The van der Waals surface area contributed by atoms with Gasteiger partial charge in [-0.1, -0.05) is 18.2 Å². The van der Waals surface area contributed by atoms with E-state index in [0.29, 0.717) is 23.7 Å². The first kappa shape index (κ1) is 18.4. The first-order valence-electron chi connectivity index (χ1n) is 8.50. The predicted molar refractivity (Wildman–Crippen MR) is 108 cm³/mol. The number of pyridine rings is 1. The molecule has 0 unspecified atom stereocenters. The molecule has 0 atom stereocenters. The smallest absolute Gasteiger partial charge is 0.189 e. The van der Waals surface area contributed by atoms with Gasteiger partial charge in [0.25, 0.3) is 0 Å². The van der Waals surface area contributed by atoms with Crippen LogP contribution in [0.4, 0.5) is 0 Å². The number of aromatic nitrogens is 1. The molecule has 0 saturated heterocycles. The van der Waals surface area contributed by atoms with E-state index in [0.717, 1.165) is 22.1 Å². The maximum Gasteiger partial charge on any atom is 0.189 e. The molecule has 3 aromatic rings. The molecule has 0 radical (unpaired) electrons. The van der Waals surface area contributed by atoms with E-state index in [4.69, 9.17) is 5.26 Å². The summed E-state index contributed by atoms with van der Waals surface area (Å²) in [7, 11) is 0. The molecule has 132 valence electrons. The normalized spacial score (nSPS) is 11.2. The molecule has 3 rings (SSSR count). The average Bonchev–Trinajstić information content (AvgIpc) is 2.64. The van der Waals surface area contributed by atoms with Gasteiger partial charge in [0, 0.05) is 34.7 Å². The highest BCUT2D eigenvalue weighted by Gasteiger charge is 2.13. The van der Waals surface area contributed by atoms with Gasteiger partial charge in [-0.25, -0.2) is 0 Å². The molecular weight excluding hydrogens is 390 g/mol. The fourth-order valence-corrected chi connectivity index (χ4v) is 3.55. The molecule has 1 heterocycles.